The van der Waals surface area contributed by atoms with E-state index in [1.54, 1.807) is 37.3 Å². The Labute approximate surface area is 76.3 Å². The van der Waals surface area contributed by atoms with Crippen LogP contribution < -0.4 is 0 Å². The third-order valence-corrected chi connectivity index (χ3v) is 1.59. The van der Waals surface area contributed by atoms with Crippen molar-refractivity contribution >= 4 is 5.97 Å². The van der Waals surface area contributed by atoms with Crippen LogP contribution in [-0.2, 0) is 9.53 Å². The van der Waals surface area contributed by atoms with Gasteiger partial charge in [0, 0.05) is 0 Å². The molecule has 0 bridgehead atoms. The Bertz CT molecular complexity index is 272. The van der Waals surface area contributed by atoms with Gasteiger partial charge in [0.25, 0.3) is 0 Å². The quantitative estimate of drug-likeness (QED) is 0.670. The summed E-state index contributed by atoms with van der Waals surface area (Å²) in [5, 5.41) is 0. The van der Waals surface area contributed by atoms with Crippen molar-refractivity contribution in [3.8, 4) is 0 Å². The number of hydrogen-bond acceptors (Lipinski definition) is 2. The molecule has 0 radical (unpaired) electrons. The maximum atomic E-state index is 13.2. The van der Waals surface area contributed by atoms with E-state index in [2.05, 4.69) is 4.74 Å². The summed E-state index contributed by atoms with van der Waals surface area (Å²) >= 11 is 0. The number of benzene rings is 1. The number of ether oxygens (including phenoxy) is 1. The lowest BCUT2D eigenvalue weighted by molar-refractivity contribution is -0.149. The molecule has 0 N–H and O–H groups in total. The molecule has 0 spiro atoms. The van der Waals surface area contributed by atoms with Crippen LogP contribution in [0.4, 0.5) is 4.39 Å². The van der Waals surface area contributed by atoms with E-state index in [-0.39, 0.29) is 6.61 Å². The van der Waals surface area contributed by atoms with Gasteiger partial charge in [-0.15, -0.1) is 0 Å². The first-order valence-corrected chi connectivity index (χ1v) is 4.11. The highest BCUT2D eigenvalue weighted by molar-refractivity contribution is 5.76. The third kappa shape index (κ3) is 2.54. The van der Waals surface area contributed by atoms with Crippen molar-refractivity contribution in [2.75, 3.05) is 6.61 Å². The van der Waals surface area contributed by atoms with Crippen LogP contribution in [0.2, 0.25) is 0 Å². The van der Waals surface area contributed by atoms with E-state index in [0.29, 0.717) is 5.56 Å². The van der Waals surface area contributed by atoms with E-state index in [1.807, 2.05) is 0 Å². The summed E-state index contributed by atoms with van der Waals surface area (Å²) in [5.74, 6) is -0.825. The zero-order valence-electron chi connectivity index (χ0n) is 7.37. The molecule has 3 heteroatoms. The lowest BCUT2D eigenvalue weighted by atomic mass is 10.1. The lowest BCUT2D eigenvalue weighted by Gasteiger charge is -2.06. The predicted octanol–water partition coefficient (Wildman–Crippen LogP) is 2.26. The van der Waals surface area contributed by atoms with Crippen LogP contribution in [0.3, 0.4) is 0 Å². The lowest BCUT2D eigenvalue weighted by Crippen LogP contribution is -2.11. The fourth-order valence-electron chi connectivity index (χ4n) is 0.974. The van der Waals surface area contributed by atoms with Gasteiger partial charge >= 0.3 is 5.97 Å². The smallest absolute Gasteiger partial charge is 0.345 e. The molecule has 0 aromatic heterocycles. The summed E-state index contributed by atoms with van der Waals surface area (Å²) in [5.41, 5.74) is 0.334. The van der Waals surface area contributed by atoms with Gasteiger partial charge in [-0.2, -0.15) is 0 Å². The van der Waals surface area contributed by atoms with Crippen molar-refractivity contribution < 1.29 is 13.9 Å². The Balaban J connectivity index is 2.68. The van der Waals surface area contributed by atoms with Gasteiger partial charge in [0.1, 0.15) is 0 Å². The van der Waals surface area contributed by atoms with E-state index in [0.717, 1.165) is 0 Å². The summed E-state index contributed by atoms with van der Waals surface area (Å²) in [7, 11) is 0. The second kappa shape index (κ2) is 4.60. The van der Waals surface area contributed by atoms with Gasteiger partial charge in [-0.1, -0.05) is 30.3 Å². The molecule has 2 nitrogen and oxygen atoms in total. The second-order valence-electron chi connectivity index (χ2n) is 2.53. The summed E-state index contributed by atoms with van der Waals surface area (Å²) in [4.78, 5) is 10.9. The zero-order valence-corrected chi connectivity index (χ0v) is 7.37. The van der Waals surface area contributed by atoms with Crippen molar-refractivity contribution in [2.45, 2.75) is 13.1 Å². The van der Waals surface area contributed by atoms with Crippen LogP contribution in [-0.4, -0.2) is 12.6 Å². The average molecular weight is 182 g/mol. The highest BCUT2D eigenvalue weighted by atomic mass is 19.1. The minimum atomic E-state index is -1.67. The van der Waals surface area contributed by atoms with Crippen LogP contribution in [0, 0.1) is 0 Å². The molecule has 13 heavy (non-hydrogen) atoms. The van der Waals surface area contributed by atoms with Crippen LogP contribution in [0.15, 0.2) is 30.3 Å². The first-order valence-electron chi connectivity index (χ1n) is 4.11. The zero-order chi connectivity index (χ0) is 9.68. The molecule has 1 aromatic carbocycles. The first kappa shape index (κ1) is 9.71. The number of esters is 1. The molecule has 1 aromatic rings. The standard InChI is InChI=1S/C10H11FO2/c1-2-13-10(12)9(11)8-6-4-3-5-7-8/h3-7,9H,2H2,1H3. The van der Waals surface area contributed by atoms with Gasteiger partial charge in [0.05, 0.1) is 6.61 Å². The molecule has 1 unspecified atom stereocenters. The number of carbonyl (C=O) groups is 1. The molecule has 1 rings (SSSR count). The molecular formula is C10H11FO2. The van der Waals surface area contributed by atoms with Gasteiger partial charge in [-0.05, 0) is 12.5 Å². The number of rotatable bonds is 3. The summed E-state index contributed by atoms with van der Waals surface area (Å²) in [6.07, 6.45) is -1.67. The molecule has 1 atom stereocenters. The number of halogens is 1. The van der Waals surface area contributed by atoms with Crippen molar-refractivity contribution in [1.82, 2.24) is 0 Å². The molecule has 0 amide bonds. The van der Waals surface area contributed by atoms with Gasteiger partial charge < -0.3 is 4.74 Å². The van der Waals surface area contributed by atoms with Crippen LogP contribution in [0.25, 0.3) is 0 Å². The SMILES string of the molecule is CCOC(=O)C(F)c1ccccc1. The van der Waals surface area contributed by atoms with Crippen LogP contribution in [0.5, 0.6) is 0 Å². The van der Waals surface area contributed by atoms with E-state index in [1.165, 1.54) is 0 Å². The van der Waals surface area contributed by atoms with E-state index in [4.69, 9.17) is 0 Å². The summed E-state index contributed by atoms with van der Waals surface area (Å²) in [6, 6.07) is 8.24. The molecule has 0 aliphatic rings. The van der Waals surface area contributed by atoms with Crippen molar-refractivity contribution in [1.29, 1.82) is 0 Å². The highest BCUT2D eigenvalue weighted by Gasteiger charge is 2.19. The Hall–Kier alpha value is -1.38. The molecule has 0 heterocycles. The molecule has 0 saturated heterocycles. The fourth-order valence-corrected chi connectivity index (χ4v) is 0.974. The number of carbonyl (C=O) groups excluding carboxylic acids is 1. The molecule has 0 saturated carbocycles. The molecule has 70 valence electrons. The number of hydrogen-bond donors (Lipinski definition) is 0. The van der Waals surface area contributed by atoms with E-state index >= 15 is 0 Å². The topological polar surface area (TPSA) is 26.3 Å². The van der Waals surface area contributed by atoms with Gasteiger partial charge in [-0.25, -0.2) is 9.18 Å². The number of alkyl halides is 1. The normalized spacial score (nSPS) is 12.2. The molecular weight excluding hydrogens is 171 g/mol. The van der Waals surface area contributed by atoms with Crippen LogP contribution in [0.1, 0.15) is 18.7 Å². The molecule has 0 aliphatic heterocycles. The van der Waals surface area contributed by atoms with Crippen molar-refractivity contribution in [2.24, 2.45) is 0 Å². The highest BCUT2D eigenvalue weighted by Crippen LogP contribution is 2.17. The first-order chi connectivity index (χ1) is 6.25. The average Bonchev–Trinajstić information content (AvgIpc) is 2.18. The molecule has 0 aliphatic carbocycles. The van der Waals surface area contributed by atoms with E-state index < -0.39 is 12.1 Å². The maximum absolute atomic E-state index is 13.2. The van der Waals surface area contributed by atoms with E-state index in [9.17, 15) is 9.18 Å². The van der Waals surface area contributed by atoms with Gasteiger partial charge in [-0.3, -0.25) is 0 Å². The Morgan fingerprint density at radius 3 is 2.62 bits per heavy atom. The van der Waals surface area contributed by atoms with Gasteiger partial charge in [0.2, 0.25) is 6.17 Å². The van der Waals surface area contributed by atoms with Gasteiger partial charge in [0.15, 0.2) is 0 Å². The summed E-state index contributed by atoms with van der Waals surface area (Å²) < 4.78 is 17.8. The van der Waals surface area contributed by atoms with Crippen molar-refractivity contribution in [3.63, 3.8) is 0 Å². The third-order valence-electron chi connectivity index (χ3n) is 1.59. The Morgan fingerprint density at radius 2 is 2.08 bits per heavy atom. The fraction of sp³-hybridized carbons (Fsp3) is 0.300. The molecule has 0 fully saturated rings. The largest absolute Gasteiger partial charge is 0.464 e. The van der Waals surface area contributed by atoms with Crippen molar-refractivity contribution in [3.05, 3.63) is 35.9 Å². The summed E-state index contributed by atoms with van der Waals surface area (Å²) in [6.45, 7) is 1.85. The minimum absolute atomic E-state index is 0.200. The Morgan fingerprint density at radius 1 is 1.46 bits per heavy atom. The van der Waals surface area contributed by atoms with Crippen LogP contribution >= 0.6 is 0 Å². The second-order valence-corrected chi connectivity index (χ2v) is 2.53. The minimum Gasteiger partial charge on any atom is -0.464 e. The monoisotopic (exact) mass is 182 g/mol. The predicted molar refractivity (Wildman–Crippen MR) is 46.9 cm³/mol. The maximum Gasteiger partial charge on any atom is 0.345 e. The Kier molecular flexibility index (Phi) is 3.43.